The summed E-state index contributed by atoms with van der Waals surface area (Å²) >= 11 is 0.717. The van der Waals surface area contributed by atoms with E-state index in [0.717, 1.165) is 35.6 Å². The molecule has 2 N–H and O–H groups in total. The normalized spacial score (nSPS) is 14.1. The molecular formula is C11H8F3NO3S3. The lowest BCUT2D eigenvalue weighted by molar-refractivity contribution is -0.137. The number of hydrogen-bond acceptors (Lipinski definition) is 4. The predicted octanol–water partition coefficient (Wildman–Crippen LogP) is 2.58. The summed E-state index contributed by atoms with van der Waals surface area (Å²) in [5.41, 5.74) is -0.848. The van der Waals surface area contributed by atoms with E-state index in [1.165, 1.54) is 12.1 Å². The summed E-state index contributed by atoms with van der Waals surface area (Å²) in [6, 6.07) is 6.35. The Bertz CT molecular complexity index is 779. The largest absolute Gasteiger partial charge is 0.416 e. The Morgan fingerprint density at radius 3 is 2.05 bits per heavy atom. The van der Waals surface area contributed by atoms with Crippen molar-refractivity contribution in [3.05, 3.63) is 42.0 Å². The number of halogens is 3. The van der Waals surface area contributed by atoms with Gasteiger partial charge in [-0.1, -0.05) is 0 Å². The molecule has 114 valence electrons. The number of rotatable bonds is 3. The molecule has 0 aliphatic heterocycles. The molecule has 1 aromatic carbocycles. The van der Waals surface area contributed by atoms with Crippen molar-refractivity contribution in [3.8, 4) is 0 Å². The van der Waals surface area contributed by atoms with Gasteiger partial charge in [0.15, 0.2) is 0 Å². The van der Waals surface area contributed by atoms with Crippen molar-refractivity contribution in [2.75, 3.05) is 0 Å². The fourth-order valence-electron chi connectivity index (χ4n) is 1.44. The second-order valence-corrected chi connectivity index (χ2v) is 8.49. The van der Waals surface area contributed by atoms with Crippen LogP contribution in [0.5, 0.6) is 0 Å². The molecule has 4 nitrogen and oxygen atoms in total. The third kappa shape index (κ3) is 3.70. The zero-order chi connectivity index (χ0) is 15.8. The van der Waals surface area contributed by atoms with Crippen molar-refractivity contribution >= 4 is 32.2 Å². The monoisotopic (exact) mass is 355 g/mol. The number of primary sulfonamides is 1. The molecule has 0 fully saturated rings. The van der Waals surface area contributed by atoms with Gasteiger partial charge in [0.1, 0.15) is 4.21 Å². The lowest BCUT2D eigenvalue weighted by Gasteiger charge is -2.06. The number of sulfonamides is 1. The van der Waals surface area contributed by atoms with E-state index in [0.29, 0.717) is 0 Å². The van der Waals surface area contributed by atoms with Gasteiger partial charge in [0, 0.05) is 4.90 Å². The first-order valence-corrected chi connectivity index (χ1v) is 8.82. The first-order valence-electron chi connectivity index (χ1n) is 5.31. The second-order valence-electron chi connectivity index (χ2n) is 3.91. The fraction of sp³-hybridized carbons (Fsp3) is 0.0909. The van der Waals surface area contributed by atoms with E-state index in [-0.39, 0.29) is 13.3 Å². The zero-order valence-corrected chi connectivity index (χ0v) is 12.6. The van der Waals surface area contributed by atoms with Crippen LogP contribution in [0.4, 0.5) is 13.2 Å². The maximum atomic E-state index is 12.4. The highest BCUT2D eigenvalue weighted by atomic mass is 32.3. The van der Waals surface area contributed by atoms with Gasteiger partial charge < -0.3 is 0 Å². The molecule has 0 amide bonds. The molecule has 0 bridgehead atoms. The van der Waals surface area contributed by atoms with Gasteiger partial charge in [-0.15, -0.1) is 11.3 Å². The van der Waals surface area contributed by atoms with E-state index in [1.54, 1.807) is 0 Å². The van der Waals surface area contributed by atoms with E-state index in [2.05, 4.69) is 0 Å². The number of alkyl halides is 3. The first kappa shape index (κ1) is 16.1. The smallest absolute Gasteiger partial charge is 0.248 e. The van der Waals surface area contributed by atoms with Crippen LogP contribution in [0, 0.1) is 0 Å². The molecule has 0 saturated heterocycles. The number of benzene rings is 1. The van der Waals surface area contributed by atoms with Crippen LogP contribution in [-0.4, -0.2) is 12.6 Å². The molecule has 2 rings (SSSR count). The molecule has 21 heavy (non-hydrogen) atoms. The van der Waals surface area contributed by atoms with Gasteiger partial charge in [0.05, 0.1) is 20.6 Å². The van der Waals surface area contributed by atoms with Gasteiger partial charge >= 0.3 is 6.18 Å². The zero-order valence-electron chi connectivity index (χ0n) is 10.1. The third-order valence-corrected chi connectivity index (χ3v) is 6.64. The van der Waals surface area contributed by atoms with E-state index in [9.17, 15) is 25.8 Å². The molecule has 1 aromatic heterocycles. The van der Waals surface area contributed by atoms with Crippen LogP contribution in [0.25, 0.3) is 0 Å². The molecule has 0 aliphatic rings. The van der Waals surface area contributed by atoms with Crippen LogP contribution in [0.3, 0.4) is 0 Å². The van der Waals surface area contributed by atoms with Crippen LogP contribution in [0.2, 0.25) is 0 Å². The predicted molar refractivity (Wildman–Crippen MR) is 71.8 cm³/mol. The SMILES string of the molecule is NS(=O)(=O)c1ccc(S(=O)c2ccc(C(F)(F)F)cc2)s1. The average molecular weight is 355 g/mol. The van der Waals surface area contributed by atoms with Gasteiger partial charge in [-0.25, -0.2) is 17.8 Å². The van der Waals surface area contributed by atoms with E-state index in [1.807, 2.05) is 0 Å². The molecule has 0 saturated carbocycles. The molecule has 0 spiro atoms. The molecule has 1 heterocycles. The van der Waals surface area contributed by atoms with Crippen molar-refractivity contribution in [1.82, 2.24) is 0 Å². The number of hydrogen-bond donors (Lipinski definition) is 1. The van der Waals surface area contributed by atoms with Crippen molar-refractivity contribution in [2.45, 2.75) is 19.5 Å². The van der Waals surface area contributed by atoms with Crippen molar-refractivity contribution in [1.29, 1.82) is 0 Å². The lowest BCUT2D eigenvalue weighted by atomic mass is 10.2. The minimum absolute atomic E-state index is 0.144. The third-order valence-electron chi connectivity index (χ3n) is 2.42. The van der Waals surface area contributed by atoms with Gasteiger partial charge in [0.2, 0.25) is 10.0 Å². The summed E-state index contributed by atoms with van der Waals surface area (Å²) in [6.07, 6.45) is -4.47. The highest BCUT2D eigenvalue weighted by molar-refractivity contribution is 7.92. The van der Waals surface area contributed by atoms with E-state index >= 15 is 0 Å². The van der Waals surface area contributed by atoms with Crippen LogP contribution in [0.1, 0.15) is 5.56 Å². The quantitative estimate of drug-likeness (QED) is 0.919. The Morgan fingerprint density at radius 2 is 1.62 bits per heavy atom. The molecule has 1 unspecified atom stereocenters. The summed E-state index contributed by atoms with van der Waals surface area (Å²) in [5, 5.41) is 4.94. The van der Waals surface area contributed by atoms with Crippen LogP contribution in [-0.2, 0) is 27.0 Å². The lowest BCUT2D eigenvalue weighted by Crippen LogP contribution is -2.09. The Kier molecular flexibility index (Phi) is 4.24. The topological polar surface area (TPSA) is 77.2 Å². The Morgan fingerprint density at radius 1 is 1.05 bits per heavy atom. The summed E-state index contributed by atoms with van der Waals surface area (Å²) in [4.78, 5) is 0.144. The number of nitrogens with two attached hydrogens (primary N) is 1. The van der Waals surface area contributed by atoms with Crippen LogP contribution >= 0.6 is 11.3 Å². The Hall–Kier alpha value is -1.23. The maximum absolute atomic E-state index is 12.4. The van der Waals surface area contributed by atoms with Gasteiger partial charge in [-0.3, -0.25) is 0 Å². The standard InChI is InChI=1S/C11H8F3NO3S3/c12-11(13,14)7-1-3-8(4-2-7)20(16)9-5-6-10(19-9)21(15,17)18/h1-6H,(H2,15,17,18). The maximum Gasteiger partial charge on any atom is 0.416 e. The minimum atomic E-state index is -4.47. The highest BCUT2D eigenvalue weighted by Crippen LogP contribution is 2.31. The summed E-state index contributed by atoms with van der Waals surface area (Å²) in [6.45, 7) is 0. The van der Waals surface area contributed by atoms with E-state index in [4.69, 9.17) is 5.14 Å². The molecule has 2 aromatic rings. The van der Waals surface area contributed by atoms with Crippen LogP contribution in [0.15, 0.2) is 49.7 Å². The van der Waals surface area contributed by atoms with Crippen molar-refractivity contribution in [3.63, 3.8) is 0 Å². The molecule has 10 heteroatoms. The van der Waals surface area contributed by atoms with Gasteiger partial charge in [0.25, 0.3) is 0 Å². The van der Waals surface area contributed by atoms with Crippen molar-refractivity contribution in [2.24, 2.45) is 5.14 Å². The Labute approximate surface area is 124 Å². The van der Waals surface area contributed by atoms with Gasteiger partial charge in [-0.05, 0) is 36.4 Å². The van der Waals surface area contributed by atoms with E-state index < -0.39 is 32.6 Å². The summed E-state index contributed by atoms with van der Waals surface area (Å²) in [7, 11) is -5.65. The minimum Gasteiger partial charge on any atom is -0.248 e. The van der Waals surface area contributed by atoms with Crippen LogP contribution < -0.4 is 5.14 Å². The molecule has 0 aliphatic carbocycles. The second kappa shape index (κ2) is 5.52. The summed E-state index contributed by atoms with van der Waals surface area (Å²) < 4.78 is 71.7. The van der Waals surface area contributed by atoms with Crippen molar-refractivity contribution < 1.29 is 25.8 Å². The molecule has 1 atom stereocenters. The van der Waals surface area contributed by atoms with Gasteiger partial charge in [-0.2, -0.15) is 13.2 Å². The average Bonchev–Trinajstić information content (AvgIpc) is 2.86. The molecular weight excluding hydrogens is 347 g/mol. The number of thiophene rings is 1. The fourth-order valence-corrected chi connectivity index (χ4v) is 4.73. The Balaban J connectivity index is 2.30. The summed E-state index contributed by atoms with van der Waals surface area (Å²) in [5.74, 6) is 0. The molecule has 0 radical (unpaired) electrons. The first-order chi connectivity index (χ1) is 9.59. The highest BCUT2D eigenvalue weighted by Gasteiger charge is 2.30.